The normalized spacial score (nSPS) is 14.2. The minimum absolute atomic E-state index is 0.141. The number of alkyl halides is 3. The van der Waals surface area contributed by atoms with Crippen LogP contribution in [0.25, 0.3) is 17.1 Å². The summed E-state index contributed by atoms with van der Waals surface area (Å²) in [6, 6.07) is 18.0. The fraction of sp³-hybridized carbons (Fsp3) is 0.258. The summed E-state index contributed by atoms with van der Waals surface area (Å²) in [7, 11) is 1.57. The first-order valence-corrected chi connectivity index (χ1v) is 14.9. The Bertz CT molecular complexity index is 1710. The number of methoxy groups -OCH3 is 1. The summed E-state index contributed by atoms with van der Waals surface area (Å²) in [5.41, 5.74) is 3.89. The number of carbonyl (C=O) groups excluding carboxylic acids is 2. The smallest absolute Gasteiger partial charge is 0.497 e. The lowest BCUT2D eigenvalue weighted by atomic mass is 10.0. The maximum atomic E-state index is 12.6. The van der Waals surface area contributed by atoms with Crippen molar-refractivity contribution in [1.29, 1.82) is 0 Å². The number of nitrogens with zero attached hydrogens (tertiary/aromatic N) is 5. The van der Waals surface area contributed by atoms with Crippen LogP contribution in [-0.2, 0) is 11.2 Å². The minimum Gasteiger partial charge on any atom is -0.497 e. The van der Waals surface area contributed by atoms with Gasteiger partial charge in [0.25, 0.3) is 0 Å². The van der Waals surface area contributed by atoms with Crippen LogP contribution in [0.5, 0.6) is 11.5 Å². The number of aromatic nitrogens is 3. The molecule has 3 amide bonds. The second-order valence-corrected chi connectivity index (χ2v) is 11.0. The van der Waals surface area contributed by atoms with Crippen molar-refractivity contribution >= 4 is 34.6 Å². The van der Waals surface area contributed by atoms with Crippen LogP contribution in [0.15, 0.2) is 78.0 Å². The molecular weight excluding hydrogens is 609 g/mol. The van der Waals surface area contributed by atoms with Crippen LogP contribution in [0.3, 0.4) is 0 Å². The Labute approximate surface area is 261 Å². The zero-order chi connectivity index (χ0) is 32.0. The second-order valence-electron chi connectivity index (χ2n) is 10.0. The third-order valence-electron chi connectivity index (χ3n) is 6.79. The van der Waals surface area contributed by atoms with Crippen molar-refractivity contribution in [2.24, 2.45) is 4.99 Å². The number of rotatable bonds is 10. The monoisotopic (exact) mass is 638 g/mol. The van der Waals surface area contributed by atoms with Gasteiger partial charge in [-0.25, -0.2) is 14.5 Å². The van der Waals surface area contributed by atoms with Gasteiger partial charge in [0.2, 0.25) is 5.91 Å². The standard InChI is InChI=1S/C31H29F3N6O4S/c1-20-16-25(43-2)13-14-26(20)40-27(41)18-45-30(40)37-29(42)35-15-4-3-6-21-7-5-8-22(17-21)28-36-19-39(38-28)23-9-11-24(12-10-23)44-31(32,33)34/h5,7-14,16-17,19H,3-4,6,15,18H2,1-2H3,(H,35,42)/b37-30-. The summed E-state index contributed by atoms with van der Waals surface area (Å²) in [5.74, 6) is 0.901. The number of unbranched alkanes of at least 4 members (excludes halogenated alkanes) is 1. The number of anilines is 1. The van der Waals surface area contributed by atoms with Crippen LogP contribution in [0.4, 0.5) is 23.7 Å². The first-order valence-electron chi connectivity index (χ1n) is 13.9. The largest absolute Gasteiger partial charge is 0.573 e. The predicted octanol–water partition coefficient (Wildman–Crippen LogP) is 6.32. The van der Waals surface area contributed by atoms with E-state index in [0.717, 1.165) is 36.0 Å². The maximum Gasteiger partial charge on any atom is 0.573 e. The van der Waals surface area contributed by atoms with E-state index in [1.807, 2.05) is 37.3 Å². The molecule has 234 valence electrons. The number of amidine groups is 1. The van der Waals surface area contributed by atoms with E-state index in [0.29, 0.717) is 34.7 Å². The Morgan fingerprint density at radius 1 is 1.07 bits per heavy atom. The van der Waals surface area contributed by atoms with Crippen LogP contribution in [0.1, 0.15) is 24.0 Å². The van der Waals surface area contributed by atoms with E-state index in [-0.39, 0.29) is 17.4 Å². The summed E-state index contributed by atoms with van der Waals surface area (Å²) in [6.07, 6.45) is -0.985. The summed E-state index contributed by atoms with van der Waals surface area (Å²) >= 11 is 1.22. The first-order chi connectivity index (χ1) is 21.6. The minimum atomic E-state index is -4.76. The molecule has 4 aromatic rings. The average molecular weight is 639 g/mol. The highest BCUT2D eigenvalue weighted by molar-refractivity contribution is 8.15. The quantitative estimate of drug-likeness (QED) is 0.203. The molecule has 0 bridgehead atoms. The highest BCUT2D eigenvalue weighted by Crippen LogP contribution is 2.31. The van der Waals surface area contributed by atoms with Crippen LogP contribution in [0, 0.1) is 6.92 Å². The lowest BCUT2D eigenvalue weighted by Crippen LogP contribution is -2.32. The van der Waals surface area contributed by atoms with E-state index in [1.54, 1.807) is 19.2 Å². The molecule has 5 rings (SSSR count). The zero-order valence-electron chi connectivity index (χ0n) is 24.4. The van der Waals surface area contributed by atoms with Crippen LogP contribution in [-0.4, -0.2) is 57.6 Å². The van der Waals surface area contributed by atoms with Crippen molar-refractivity contribution in [3.05, 3.63) is 84.2 Å². The van der Waals surface area contributed by atoms with E-state index >= 15 is 0 Å². The van der Waals surface area contributed by atoms with Crippen molar-refractivity contribution < 1.29 is 32.2 Å². The third-order valence-corrected chi connectivity index (χ3v) is 7.71. The van der Waals surface area contributed by atoms with Gasteiger partial charge in [0.15, 0.2) is 11.0 Å². The number of benzene rings is 3. The molecule has 1 saturated heterocycles. The number of urea groups is 1. The van der Waals surface area contributed by atoms with Gasteiger partial charge < -0.3 is 14.8 Å². The summed E-state index contributed by atoms with van der Waals surface area (Å²) < 4.78 is 47.9. The highest BCUT2D eigenvalue weighted by Gasteiger charge is 2.32. The van der Waals surface area contributed by atoms with Crippen molar-refractivity contribution in [1.82, 2.24) is 20.1 Å². The van der Waals surface area contributed by atoms with Crippen LogP contribution < -0.4 is 19.7 Å². The van der Waals surface area contributed by atoms with Gasteiger partial charge in [-0.05, 0) is 85.8 Å². The topological polar surface area (TPSA) is 111 Å². The van der Waals surface area contributed by atoms with Gasteiger partial charge in [-0.2, -0.15) is 4.99 Å². The fourth-order valence-electron chi connectivity index (χ4n) is 4.65. The molecule has 10 nitrogen and oxygen atoms in total. The Morgan fingerprint density at radius 3 is 2.58 bits per heavy atom. The maximum absolute atomic E-state index is 12.6. The summed E-state index contributed by atoms with van der Waals surface area (Å²) in [5, 5.41) is 7.60. The molecule has 1 fully saturated rings. The molecule has 45 heavy (non-hydrogen) atoms. The summed E-state index contributed by atoms with van der Waals surface area (Å²) in [4.78, 5) is 35.1. The van der Waals surface area contributed by atoms with E-state index in [4.69, 9.17) is 4.74 Å². The van der Waals surface area contributed by atoms with Gasteiger partial charge in [-0.1, -0.05) is 30.0 Å². The molecule has 1 N–H and O–H groups in total. The third kappa shape index (κ3) is 8.20. The van der Waals surface area contributed by atoms with Gasteiger partial charge in [-0.3, -0.25) is 9.69 Å². The first kappa shape index (κ1) is 31.6. The lowest BCUT2D eigenvalue weighted by molar-refractivity contribution is -0.274. The van der Waals surface area contributed by atoms with Crippen molar-refractivity contribution in [2.45, 2.75) is 32.5 Å². The van der Waals surface area contributed by atoms with Gasteiger partial charge in [-0.15, -0.1) is 18.3 Å². The highest BCUT2D eigenvalue weighted by atomic mass is 32.2. The molecule has 0 spiro atoms. The molecule has 0 radical (unpaired) electrons. The van der Waals surface area contributed by atoms with Crippen molar-refractivity contribution in [2.75, 3.05) is 24.3 Å². The molecule has 0 atom stereocenters. The number of aliphatic imine (C=N–C) groups is 1. The number of hydrogen-bond donors (Lipinski definition) is 1. The Hall–Kier alpha value is -4.85. The molecule has 2 heterocycles. The second kappa shape index (κ2) is 13.8. The molecule has 1 aromatic heterocycles. The molecule has 1 aliphatic heterocycles. The van der Waals surface area contributed by atoms with E-state index in [9.17, 15) is 22.8 Å². The molecule has 0 unspecified atom stereocenters. The lowest BCUT2D eigenvalue weighted by Gasteiger charge is -2.18. The average Bonchev–Trinajstić information content (AvgIpc) is 3.64. The Kier molecular flexibility index (Phi) is 9.71. The molecule has 1 aliphatic rings. The number of halogens is 3. The molecule has 3 aromatic carbocycles. The summed E-state index contributed by atoms with van der Waals surface area (Å²) in [6.45, 7) is 2.29. The van der Waals surface area contributed by atoms with Crippen molar-refractivity contribution in [3.8, 4) is 28.6 Å². The predicted molar refractivity (Wildman–Crippen MR) is 165 cm³/mol. The molecule has 0 aliphatic carbocycles. The van der Waals surface area contributed by atoms with E-state index in [1.165, 1.54) is 51.9 Å². The molecular formula is C31H29F3N6O4S. The number of amides is 3. The zero-order valence-corrected chi connectivity index (χ0v) is 25.2. The van der Waals surface area contributed by atoms with Crippen LogP contribution >= 0.6 is 11.8 Å². The number of thioether (sulfide) groups is 1. The molecule has 0 saturated carbocycles. The number of ether oxygens (including phenoxy) is 2. The van der Waals surface area contributed by atoms with Gasteiger partial charge in [0.1, 0.15) is 17.8 Å². The Balaban J connectivity index is 1.11. The number of aryl methyl sites for hydroxylation is 2. The van der Waals surface area contributed by atoms with E-state index in [2.05, 4.69) is 25.1 Å². The van der Waals surface area contributed by atoms with Gasteiger partial charge in [0.05, 0.1) is 24.2 Å². The van der Waals surface area contributed by atoms with Crippen molar-refractivity contribution in [3.63, 3.8) is 0 Å². The van der Waals surface area contributed by atoms with Gasteiger partial charge in [0, 0.05) is 12.1 Å². The number of carbonyl (C=O) groups is 2. The fourth-order valence-corrected chi connectivity index (χ4v) is 5.51. The number of nitrogens with one attached hydrogen (secondary N) is 1. The Morgan fingerprint density at radius 2 is 1.84 bits per heavy atom. The van der Waals surface area contributed by atoms with E-state index < -0.39 is 12.4 Å². The van der Waals surface area contributed by atoms with Crippen LogP contribution in [0.2, 0.25) is 0 Å². The van der Waals surface area contributed by atoms with Gasteiger partial charge >= 0.3 is 12.4 Å². The molecule has 14 heteroatoms. The number of hydrogen-bond acceptors (Lipinski definition) is 7. The SMILES string of the molecule is COc1ccc(N2C(=O)CS/C2=N\C(=O)NCCCCc2cccc(-c3ncn(-c4ccc(OC(F)(F)F)cc4)n3)c2)c(C)c1.